The van der Waals surface area contributed by atoms with Crippen LogP contribution in [0.5, 0.6) is 0 Å². The molecule has 0 aliphatic rings. The van der Waals surface area contributed by atoms with E-state index in [0.717, 1.165) is 11.1 Å². The monoisotopic (exact) mass is 361 g/mol. The van der Waals surface area contributed by atoms with Crippen molar-refractivity contribution in [3.63, 3.8) is 0 Å². The second-order valence-electron chi connectivity index (χ2n) is 4.98. The van der Waals surface area contributed by atoms with E-state index in [9.17, 15) is 10.1 Å². The molecule has 6 nitrogen and oxygen atoms in total. The van der Waals surface area contributed by atoms with Gasteiger partial charge in [-0.25, -0.2) is 0 Å². The molecule has 0 bridgehead atoms. The van der Waals surface area contributed by atoms with Crippen LogP contribution < -0.4 is 0 Å². The molecule has 1 heterocycles. The van der Waals surface area contributed by atoms with Crippen molar-refractivity contribution in [2.24, 2.45) is 0 Å². The molecule has 0 spiro atoms. The lowest BCUT2D eigenvalue weighted by Gasteiger charge is -1.98. The van der Waals surface area contributed by atoms with E-state index >= 15 is 0 Å². The lowest BCUT2D eigenvalue weighted by Crippen LogP contribution is -1.88. The number of benzene rings is 2. The Morgan fingerprint density at radius 3 is 2.38 bits per heavy atom. The summed E-state index contributed by atoms with van der Waals surface area (Å²) in [5.41, 5.74) is 2.06. The van der Waals surface area contributed by atoms with Gasteiger partial charge in [-0.15, -0.1) is 10.2 Å². The number of hydrogen-bond acceptors (Lipinski definition) is 6. The summed E-state index contributed by atoms with van der Waals surface area (Å²) < 4.78 is 5.60. The van der Waals surface area contributed by atoms with E-state index in [1.165, 1.54) is 23.9 Å². The highest BCUT2D eigenvalue weighted by atomic mass is 35.5. The van der Waals surface area contributed by atoms with E-state index in [1.807, 2.05) is 24.3 Å². The number of halogens is 1. The number of non-ortho nitro benzene ring substituents is 1. The van der Waals surface area contributed by atoms with Gasteiger partial charge < -0.3 is 4.42 Å². The molecule has 3 rings (SSSR count). The van der Waals surface area contributed by atoms with Crippen molar-refractivity contribution in [2.75, 3.05) is 0 Å². The molecular formula is C16H12ClN3O3S. The molecular weight excluding hydrogens is 350 g/mol. The van der Waals surface area contributed by atoms with Crippen molar-refractivity contribution in [1.82, 2.24) is 10.2 Å². The SMILES string of the molecule is O=[N+]([O-])c1ccc(CSc2nnc(Cc3ccc(Cl)cc3)o2)cc1. The molecule has 24 heavy (non-hydrogen) atoms. The molecule has 0 saturated heterocycles. The summed E-state index contributed by atoms with van der Waals surface area (Å²) in [6.07, 6.45) is 0.544. The van der Waals surface area contributed by atoms with Crippen molar-refractivity contribution in [3.8, 4) is 0 Å². The smallest absolute Gasteiger partial charge is 0.276 e. The first-order chi connectivity index (χ1) is 11.6. The molecule has 8 heteroatoms. The summed E-state index contributed by atoms with van der Waals surface area (Å²) in [5.74, 6) is 1.13. The van der Waals surface area contributed by atoms with Crippen LogP contribution in [-0.2, 0) is 12.2 Å². The van der Waals surface area contributed by atoms with Crippen LogP contribution in [0.15, 0.2) is 58.2 Å². The molecule has 3 aromatic rings. The van der Waals surface area contributed by atoms with Gasteiger partial charge in [-0.2, -0.15) is 0 Å². The predicted octanol–water partition coefficient (Wildman–Crippen LogP) is 4.51. The van der Waals surface area contributed by atoms with Crippen LogP contribution in [0.1, 0.15) is 17.0 Å². The molecule has 0 unspecified atom stereocenters. The minimum Gasteiger partial charge on any atom is -0.416 e. The average Bonchev–Trinajstić information content (AvgIpc) is 3.03. The number of nitro groups is 1. The van der Waals surface area contributed by atoms with Gasteiger partial charge in [-0.1, -0.05) is 47.6 Å². The van der Waals surface area contributed by atoms with E-state index in [2.05, 4.69) is 10.2 Å². The molecule has 2 aromatic carbocycles. The number of nitrogens with zero attached hydrogens (tertiary/aromatic N) is 3. The number of hydrogen-bond donors (Lipinski definition) is 0. The van der Waals surface area contributed by atoms with E-state index < -0.39 is 4.92 Å². The Morgan fingerprint density at radius 2 is 1.71 bits per heavy atom. The molecule has 0 saturated carbocycles. The van der Waals surface area contributed by atoms with Crippen molar-refractivity contribution >= 4 is 29.1 Å². The third-order valence-electron chi connectivity index (χ3n) is 3.23. The summed E-state index contributed by atoms with van der Waals surface area (Å²) in [6.45, 7) is 0. The molecule has 0 atom stereocenters. The van der Waals surface area contributed by atoms with Crippen LogP contribution in [0.25, 0.3) is 0 Å². The Labute approximate surface area is 147 Å². The lowest BCUT2D eigenvalue weighted by molar-refractivity contribution is -0.384. The third-order valence-corrected chi connectivity index (χ3v) is 4.37. The first-order valence-electron chi connectivity index (χ1n) is 7.03. The number of rotatable bonds is 6. The van der Waals surface area contributed by atoms with Gasteiger partial charge in [-0.05, 0) is 23.3 Å². The number of thioether (sulfide) groups is 1. The van der Waals surface area contributed by atoms with Crippen molar-refractivity contribution < 1.29 is 9.34 Å². The Kier molecular flexibility index (Phi) is 5.12. The molecule has 1 aromatic heterocycles. The maximum Gasteiger partial charge on any atom is 0.276 e. The maximum absolute atomic E-state index is 10.6. The summed E-state index contributed by atoms with van der Waals surface area (Å²) in [4.78, 5) is 10.2. The van der Waals surface area contributed by atoms with Gasteiger partial charge in [0.25, 0.3) is 10.9 Å². The normalized spacial score (nSPS) is 10.7. The van der Waals surface area contributed by atoms with Crippen LogP contribution in [0.2, 0.25) is 5.02 Å². The highest BCUT2D eigenvalue weighted by Crippen LogP contribution is 2.23. The first kappa shape index (κ1) is 16.5. The van der Waals surface area contributed by atoms with Gasteiger partial charge in [0.2, 0.25) is 5.89 Å². The van der Waals surface area contributed by atoms with Crippen LogP contribution in [-0.4, -0.2) is 15.1 Å². The molecule has 0 radical (unpaired) electrons. The fraction of sp³-hybridized carbons (Fsp3) is 0.125. The second kappa shape index (κ2) is 7.46. The Morgan fingerprint density at radius 1 is 1.04 bits per heavy atom. The molecule has 0 aliphatic carbocycles. The second-order valence-corrected chi connectivity index (χ2v) is 6.34. The molecule has 0 fully saturated rings. The van der Waals surface area contributed by atoms with E-state index in [4.69, 9.17) is 16.0 Å². The summed E-state index contributed by atoms with van der Waals surface area (Å²) in [5, 5.41) is 19.8. The summed E-state index contributed by atoms with van der Waals surface area (Å²) in [6, 6.07) is 13.9. The first-order valence-corrected chi connectivity index (χ1v) is 8.39. The lowest BCUT2D eigenvalue weighted by atomic mass is 10.1. The third kappa shape index (κ3) is 4.33. The maximum atomic E-state index is 10.6. The molecule has 0 aliphatic heterocycles. The van der Waals surface area contributed by atoms with Gasteiger partial charge in [-0.3, -0.25) is 10.1 Å². The minimum absolute atomic E-state index is 0.0757. The summed E-state index contributed by atoms with van der Waals surface area (Å²) in [7, 11) is 0. The van der Waals surface area contributed by atoms with Crippen molar-refractivity contribution in [3.05, 3.63) is 80.7 Å². The zero-order chi connectivity index (χ0) is 16.9. The van der Waals surface area contributed by atoms with Gasteiger partial charge in [0, 0.05) is 22.9 Å². The molecule has 122 valence electrons. The molecule has 0 amide bonds. The van der Waals surface area contributed by atoms with Gasteiger partial charge >= 0.3 is 0 Å². The van der Waals surface area contributed by atoms with E-state index in [-0.39, 0.29) is 5.69 Å². The quantitative estimate of drug-likeness (QED) is 0.365. The van der Waals surface area contributed by atoms with Crippen molar-refractivity contribution in [2.45, 2.75) is 17.4 Å². The predicted molar refractivity (Wildman–Crippen MR) is 91.2 cm³/mol. The number of aromatic nitrogens is 2. The van der Waals surface area contributed by atoms with Crippen LogP contribution in [0.3, 0.4) is 0 Å². The fourth-order valence-electron chi connectivity index (χ4n) is 2.00. The van der Waals surface area contributed by atoms with Gasteiger partial charge in [0.15, 0.2) is 0 Å². The standard InChI is InChI=1S/C16H12ClN3O3S/c17-13-5-1-11(2-6-13)9-15-18-19-16(23-15)24-10-12-3-7-14(8-4-12)20(21)22/h1-8H,9-10H2. The summed E-state index contributed by atoms with van der Waals surface area (Å²) >= 11 is 7.24. The highest BCUT2D eigenvalue weighted by molar-refractivity contribution is 7.98. The molecule has 0 N–H and O–H groups in total. The highest BCUT2D eigenvalue weighted by Gasteiger charge is 2.09. The largest absolute Gasteiger partial charge is 0.416 e. The van der Waals surface area contributed by atoms with E-state index in [0.29, 0.717) is 28.3 Å². The minimum atomic E-state index is -0.419. The zero-order valence-corrected chi connectivity index (χ0v) is 14.0. The Balaban J connectivity index is 1.57. The van der Waals surface area contributed by atoms with Crippen molar-refractivity contribution in [1.29, 1.82) is 0 Å². The van der Waals surface area contributed by atoms with Crippen LogP contribution in [0, 0.1) is 10.1 Å². The van der Waals surface area contributed by atoms with Crippen LogP contribution in [0.4, 0.5) is 5.69 Å². The van der Waals surface area contributed by atoms with Gasteiger partial charge in [0.1, 0.15) is 0 Å². The van der Waals surface area contributed by atoms with Crippen LogP contribution >= 0.6 is 23.4 Å². The average molecular weight is 362 g/mol. The Bertz CT molecular complexity index is 835. The topological polar surface area (TPSA) is 82.1 Å². The van der Waals surface area contributed by atoms with Gasteiger partial charge in [0.05, 0.1) is 11.3 Å². The zero-order valence-electron chi connectivity index (χ0n) is 12.4. The fourth-order valence-corrected chi connectivity index (χ4v) is 2.87. The number of nitro benzene ring substituents is 1. The Hall–Kier alpha value is -2.38. The van der Waals surface area contributed by atoms with E-state index in [1.54, 1.807) is 12.1 Å².